The van der Waals surface area contributed by atoms with Crippen LogP contribution in [0.15, 0.2) is 49.1 Å². The van der Waals surface area contributed by atoms with Crippen LogP contribution in [-0.2, 0) is 0 Å². The van der Waals surface area contributed by atoms with E-state index in [1.807, 2.05) is 0 Å². The normalized spacial score (nSPS) is 11.6. The molecule has 0 unspecified atom stereocenters. The van der Waals surface area contributed by atoms with Gasteiger partial charge in [-0.25, -0.2) is 0 Å². The summed E-state index contributed by atoms with van der Waals surface area (Å²) in [4.78, 5) is 0. The quantitative estimate of drug-likeness (QED) is 0.243. The molecule has 0 nitrogen and oxygen atoms in total. The maximum atomic E-state index is 4.31. The summed E-state index contributed by atoms with van der Waals surface area (Å²) in [5, 5.41) is 0. The second kappa shape index (κ2) is 9.05. The molecule has 0 N–H and O–H groups in total. The molecule has 3 aromatic carbocycles. The summed E-state index contributed by atoms with van der Waals surface area (Å²) >= 11 is -3.64. The fourth-order valence-electron chi connectivity index (χ4n) is 6.46. The minimum absolute atomic E-state index is 1.09. The van der Waals surface area contributed by atoms with Crippen LogP contribution in [0.1, 0.15) is 50.1 Å². The fraction of sp³-hybridized carbons (Fsp3) is 0.333. The van der Waals surface area contributed by atoms with E-state index in [2.05, 4.69) is 111 Å². The van der Waals surface area contributed by atoms with E-state index in [4.69, 9.17) is 0 Å². The van der Waals surface area contributed by atoms with Crippen molar-refractivity contribution in [2.45, 2.75) is 66.3 Å². The molecule has 0 radical (unpaired) electrons. The third-order valence-electron chi connectivity index (χ3n) is 6.76. The number of benzene rings is 3. The Morgan fingerprint density at radius 2 is 0.742 bits per heavy atom. The zero-order valence-corrected chi connectivity index (χ0v) is 24.8. The Morgan fingerprint density at radius 1 is 0.516 bits per heavy atom. The maximum absolute atomic E-state index is 4.31. The molecule has 0 heterocycles. The van der Waals surface area contributed by atoms with E-state index in [0.29, 0.717) is 0 Å². The van der Waals surface area contributed by atoms with Gasteiger partial charge in [-0.15, -0.1) is 0 Å². The van der Waals surface area contributed by atoms with Crippen LogP contribution in [0.4, 0.5) is 0 Å². The van der Waals surface area contributed by atoms with Crippen molar-refractivity contribution in [3.63, 3.8) is 0 Å². The number of hydrogen-bond acceptors (Lipinski definition) is 0. The van der Waals surface area contributed by atoms with E-state index in [1.165, 1.54) is 50.1 Å². The van der Waals surface area contributed by atoms with Crippen molar-refractivity contribution in [3.8, 4) is 0 Å². The van der Waals surface area contributed by atoms with Crippen molar-refractivity contribution in [3.05, 3.63) is 99.1 Å². The summed E-state index contributed by atoms with van der Waals surface area (Å²) in [6, 6.07) is 14.4. The topological polar surface area (TPSA) is 0 Å². The van der Waals surface area contributed by atoms with Crippen molar-refractivity contribution >= 4 is 30.5 Å². The van der Waals surface area contributed by atoms with Crippen LogP contribution >= 0.6 is 0 Å². The molecule has 0 saturated heterocycles. The Hall–Kier alpha value is -1.68. The summed E-state index contributed by atoms with van der Waals surface area (Å²) in [6.07, 6.45) is 2.22. The van der Waals surface area contributed by atoms with E-state index >= 15 is 0 Å². The summed E-state index contributed by atoms with van der Waals surface area (Å²) in [7, 11) is 0. The van der Waals surface area contributed by atoms with Gasteiger partial charge in [0, 0.05) is 0 Å². The van der Waals surface area contributed by atoms with Gasteiger partial charge in [0.25, 0.3) is 0 Å². The molecule has 31 heavy (non-hydrogen) atoms. The summed E-state index contributed by atoms with van der Waals surface area (Å²) < 4.78 is 6.06. The summed E-state index contributed by atoms with van der Waals surface area (Å²) in [5.74, 6) is 0. The Labute approximate surface area is 195 Å². The predicted octanol–water partition coefficient (Wildman–Crippen LogP) is 6.12. The van der Waals surface area contributed by atoms with Gasteiger partial charge in [0.2, 0.25) is 0 Å². The van der Waals surface area contributed by atoms with Crippen molar-refractivity contribution in [1.29, 1.82) is 0 Å². The van der Waals surface area contributed by atoms with Gasteiger partial charge in [-0.3, -0.25) is 0 Å². The van der Waals surface area contributed by atoms with E-state index < -0.39 is 21.2 Å². The third kappa shape index (κ3) is 4.20. The van der Waals surface area contributed by atoms with Crippen molar-refractivity contribution in [2.24, 2.45) is 0 Å². The predicted molar refractivity (Wildman–Crippen MR) is 142 cm³/mol. The van der Waals surface area contributed by atoms with Crippen LogP contribution in [-0.4, -0.2) is 21.2 Å². The van der Waals surface area contributed by atoms with Gasteiger partial charge in [0.1, 0.15) is 0 Å². The molecule has 0 atom stereocenters. The zero-order valence-electron chi connectivity index (χ0n) is 21.0. The molecule has 0 aliphatic heterocycles. The first-order chi connectivity index (χ1) is 14.5. The Kier molecular flexibility index (Phi) is 7.00. The second-order valence-electron chi connectivity index (χ2n) is 9.72. The standard InChI is InChI=1S/3C9H11.C3H5.Pb/c3*1-7-4-8(2)6-9(3)5-7;1-3-2;/h3*4-5H,1-3H3;3H,1-2H2;. The van der Waals surface area contributed by atoms with Gasteiger partial charge in [-0.2, -0.15) is 0 Å². The molecule has 0 fully saturated rings. The molecule has 0 spiro atoms. The summed E-state index contributed by atoms with van der Waals surface area (Å²) in [6.45, 7) is 25.0. The Bertz CT molecular complexity index is 955. The molecule has 0 saturated carbocycles. The average molecular weight is 606 g/mol. The number of rotatable bonds is 5. The van der Waals surface area contributed by atoms with Crippen molar-refractivity contribution < 1.29 is 0 Å². The molecule has 3 rings (SSSR count). The first-order valence-electron chi connectivity index (χ1n) is 11.4. The number of aryl methyl sites for hydroxylation is 9. The SMILES string of the molecule is C=C[CH2][Pb]([c]1c(C)cc(C)cc1C)([c]1c(C)cc(C)cc1C)[c]1c(C)cc(C)cc1C. The third-order valence-corrected chi connectivity index (χ3v) is 29.4. The van der Waals surface area contributed by atoms with Gasteiger partial charge >= 0.3 is 196 Å². The van der Waals surface area contributed by atoms with Crippen molar-refractivity contribution in [1.82, 2.24) is 0 Å². The Morgan fingerprint density at radius 3 is 0.935 bits per heavy atom. The van der Waals surface area contributed by atoms with Crippen LogP contribution in [0.3, 0.4) is 0 Å². The van der Waals surface area contributed by atoms with Crippen LogP contribution in [0.2, 0.25) is 3.98 Å². The molecule has 0 aliphatic carbocycles. The van der Waals surface area contributed by atoms with Crippen molar-refractivity contribution in [2.75, 3.05) is 0 Å². The first kappa shape index (κ1) is 24.0. The number of hydrogen-bond donors (Lipinski definition) is 0. The Balaban J connectivity index is 2.65. The van der Waals surface area contributed by atoms with Gasteiger partial charge in [-0.1, -0.05) is 0 Å². The molecule has 0 amide bonds. The molecule has 0 aliphatic rings. The van der Waals surface area contributed by atoms with Gasteiger partial charge in [0.15, 0.2) is 0 Å². The second-order valence-corrected chi connectivity index (χ2v) is 24.2. The molecule has 0 bridgehead atoms. The van der Waals surface area contributed by atoms with Crippen LogP contribution in [0.5, 0.6) is 0 Å². The molecular formula is C30H38Pb. The molecule has 0 aromatic heterocycles. The van der Waals surface area contributed by atoms with E-state index in [1.54, 1.807) is 9.37 Å². The summed E-state index contributed by atoms with van der Waals surface area (Å²) in [5.41, 5.74) is 12.8. The van der Waals surface area contributed by atoms with E-state index in [0.717, 1.165) is 3.98 Å². The molecular weight excluding hydrogens is 568 g/mol. The monoisotopic (exact) mass is 606 g/mol. The molecule has 1 heteroatoms. The van der Waals surface area contributed by atoms with Gasteiger partial charge in [-0.05, 0) is 0 Å². The van der Waals surface area contributed by atoms with Crippen LogP contribution in [0.25, 0.3) is 0 Å². The van der Waals surface area contributed by atoms with E-state index in [-0.39, 0.29) is 0 Å². The minimum atomic E-state index is -3.64. The zero-order chi connectivity index (χ0) is 23.1. The molecule has 3 aromatic rings. The van der Waals surface area contributed by atoms with Crippen LogP contribution < -0.4 is 9.37 Å². The average Bonchev–Trinajstić information content (AvgIpc) is 2.58. The van der Waals surface area contributed by atoms with Crippen LogP contribution in [0, 0.1) is 62.3 Å². The first-order valence-corrected chi connectivity index (χ1v) is 20.0. The molecule has 162 valence electrons. The van der Waals surface area contributed by atoms with E-state index in [9.17, 15) is 0 Å². The fourth-order valence-corrected chi connectivity index (χ4v) is 30.8. The van der Waals surface area contributed by atoms with Gasteiger partial charge in [0.05, 0.1) is 0 Å². The van der Waals surface area contributed by atoms with Gasteiger partial charge < -0.3 is 0 Å². The number of allylic oxidation sites excluding steroid dienone is 1.